The molecule has 8 atom stereocenters. The number of fused-ring (bicyclic) bond motifs is 4. The molecular formula is C25H26O11. The van der Waals surface area contributed by atoms with E-state index in [0.29, 0.717) is 5.56 Å². The summed E-state index contributed by atoms with van der Waals surface area (Å²) in [4.78, 5) is 27.2. The minimum Gasteiger partial charge on any atom is -0.461 e. The van der Waals surface area contributed by atoms with Gasteiger partial charge in [-0.15, -0.1) is 0 Å². The van der Waals surface area contributed by atoms with Crippen LogP contribution < -0.4 is 4.74 Å². The molecule has 3 aliphatic rings. The Morgan fingerprint density at radius 2 is 1.61 bits per heavy atom. The summed E-state index contributed by atoms with van der Waals surface area (Å²) in [6.45, 7) is 0.653. The van der Waals surface area contributed by atoms with E-state index in [1.54, 1.807) is 0 Å². The van der Waals surface area contributed by atoms with Gasteiger partial charge in [0.25, 0.3) is 0 Å². The summed E-state index contributed by atoms with van der Waals surface area (Å²) in [6, 6.07) is 7.03. The van der Waals surface area contributed by atoms with Gasteiger partial charge in [0.1, 0.15) is 41.9 Å². The topological polar surface area (TPSA) is 194 Å². The number of aliphatic hydroxyl groups is 7. The standard InChI is InChI=1S/C25H26O11/c1-9-17(27)21(31)22(32)24(35-9)36-13-4-2-3-11-15(13)18(28)12-6-5-10-7-25(34,8-26)23(33)20(30)14(10)16(12)19(11)29/h2-6,9,17,20-24,26-27,30-34H,7-8H2,1H3/t9-,17-,20?,21+,22+,23?,24-,25?/m0/s1. The summed E-state index contributed by atoms with van der Waals surface area (Å²) >= 11 is 0. The zero-order valence-corrected chi connectivity index (χ0v) is 19.1. The fourth-order valence-electron chi connectivity index (χ4n) is 5.18. The van der Waals surface area contributed by atoms with Crippen molar-refractivity contribution in [3.63, 3.8) is 0 Å². The fourth-order valence-corrected chi connectivity index (χ4v) is 5.18. The molecule has 7 N–H and O–H groups in total. The van der Waals surface area contributed by atoms with Gasteiger partial charge in [-0.05, 0) is 30.2 Å². The van der Waals surface area contributed by atoms with E-state index in [4.69, 9.17) is 9.47 Å². The SMILES string of the molecule is C[C@@H]1O[C@@H](Oc2cccc3c2C(=O)c2ccc4c(c2C3=O)C(O)C(O)C(O)(CO)C4)[C@H](O)[C@H](O)[C@H]1O. The highest BCUT2D eigenvalue weighted by molar-refractivity contribution is 6.30. The van der Waals surface area contributed by atoms with Crippen LogP contribution in [0.4, 0.5) is 0 Å². The highest BCUT2D eigenvalue weighted by atomic mass is 16.7. The first-order chi connectivity index (χ1) is 17.0. The van der Waals surface area contributed by atoms with Crippen LogP contribution in [0.2, 0.25) is 0 Å². The average Bonchev–Trinajstić information content (AvgIpc) is 2.87. The first kappa shape index (κ1) is 24.9. The van der Waals surface area contributed by atoms with Gasteiger partial charge in [0.05, 0.1) is 18.3 Å². The molecule has 0 amide bonds. The molecule has 1 heterocycles. The van der Waals surface area contributed by atoms with Gasteiger partial charge < -0.3 is 45.2 Å². The second-order valence-electron chi connectivity index (χ2n) is 9.53. The van der Waals surface area contributed by atoms with Gasteiger partial charge in [-0.1, -0.05) is 18.2 Å². The third-order valence-corrected chi connectivity index (χ3v) is 7.27. The number of hydrogen-bond donors (Lipinski definition) is 7. The Bertz CT molecular complexity index is 1240. The van der Waals surface area contributed by atoms with Gasteiger partial charge in [0, 0.05) is 23.1 Å². The van der Waals surface area contributed by atoms with Gasteiger partial charge in [0.2, 0.25) is 6.29 Å². The molecule has 1 fully saturated rings. The molecule has 0 spiro atoms. The maximum absolute atomic E-state index is 13.6. The first-order valence-electron chi connectivity index (χ1n) is 11.4. The van der Waals surface area contributed by atoms with E-state index in [1.165, 1.54) is 37.3 Å². The second kappa shape index (κ2) is 8.68. The molecular weight excluding hydrogens is 476 g/mol. The number of ketones is 2. The molecule has 0 bridgehead atoms. The number of aliphatic hydroxyl groups excluding tert-OH is 6. The smallest absolute Gasteiger partial charge is 0.229 e. The van der Waals surface area contributed by atoms with E-state index in [9.17, 15) is 45.3 Å². The van der Waals surface area contributed by atoms with Crippen LogP contribution in [0.1, 0.15) is 56.0 Å². The average molecular weight is 502 g/mol. The molecule has 36 heavy (non-hydrogen) atoms. The van der Waals surface area contributed by atoms with Gasteiger partial charge in [0.15, 0.2) is 11.6 Å². The molecule has 2 aliphatic carbocycles. The molecule has 0 aromatic heterocycles. The van der Waals surface area contributed by atoms with E-state index in [1.807, 2.05) is 0 Å². The number of ether oxygens (including phenoxy) is 2. The third kappa shape index (κ3) is 3.51. The summed E-state index contributed by atoms with van der Waals surface area (Å²) < 4.78 is 11.2. The Labute approximate surface area is 204 Å². The van der Waals surface area contributed by atoms with E-state index in [-0.39, 0.29) is 40.0 Å². The van der Waals surface area contributed by atoms with E-state index >= 15 is 0 Å². The van der Waals surface area contributed by atoms with Gasteiger partial charge >= 0.3 is 0 Å². The third-order valence-electron chi connectivity index (χ3n) is 7.27. The fraction of sp³-hybridized carbons (Fsp3) is 0.440. The molecule has 192 valence electrons. The van der Waals surface area contributed by atoms with E-state index < -0.39 is 66.7 Å². The van der Waals surface area contributed by atoms with Crippen LogP contribution in [0, 0.1) is 0 Å². The van der Waals surface area contributed by atoms with Crippen LogP contribution in [0.25, 0.3) is 0 Å². The predicted molar refractivity (Wildman–Crippen MR) is 119 cm³/mol. The van der Waals surface area contributed by atoms with Crippen LogP contribution in [0.5, 0.6) is 5.75 Å². The molecule has 2 aromatic carbocycles. The van der Waals surface area contributed by atoms with Crippen molar-refractivity contribution < 1.29 is 54.8 Å². The Hall–Kier alpha value is -2.74. The summed E-state index contributed by atoms with van der Waals surface area (Å²) in [6.07, 6.45) is -10.7. The molecule has 11 nitrogen and oxygen atoms in total. The zero-order chi connectivity index (χ0) is 26.1. The Morgan fingerprint density at radius 3 is 2.31 bits per heavy atom. The predicted octanol–water partition coefficient (Wildman–Crippen LogP) is -1.66. The summed E-state index contributed by atoms with van der Waals surface area (Å²) in [5, 5.41) is 71.6. The molecule has 0 saturated carbocycles. The lowest BCUT2D eigenvalue weighted by molar-refractivity contribution is -0.268. The Balaban J connectivity index is 1.57. The molecule has 3 unspecified atom stereocenters. The maximum Gasteiger partial charge on any atom is 0.229 e. The van der Waals surface area contributed by atoms with Gasteiger partial charge in [-0.3, -0.25) is 9.59 Å². The van der Waals surface area contributed by atoms with E-state index in [2.05, 4.69) is 0 Å². The minimum absolute atomic E-state index is 0.00502. The number of benzene rings is 2. The number of carbonyl (C=O) groups excluding carboxylic acids is 2. The van der Waals surface area contributed by atoms with Crippen LogP contribution in [-0.2, 0) is 11.2 Å². The van der Waals surface area contributed by atoms with Crippen LogP contribution in [-0.4, -0.2) is 96.3 Å². The number of carbonyl (C=O) groups is 2. The van der Waals surface area contributed by atoms with Crippen molar-refractivity contribution in [2.24, 2.45) is 0 Å². The number of rotatable bonds is 3. The molecule has 11 heteroatoms. The lowest BCUT2D eigenvalue weighted by atomic mass is 9.71. The van der Waals surface area contributed by atoms with Crippen molar-refractivity contribution in [3.8, 4) is 5.75 Å². The maximum atomic E-state index is 13.6. The van der Waals surface area contributed by atoms with Crippen LogP contribution in [0.15, 0.2) is 30.3 Å². The zero-order valence-electron chi connectivity index (χ0n) is 19.1. The van der Waals surface area contributed by atoms with Crippen molar-refractivity contribution in [1.29, 1.82) is 0 Å². The number of hydrogen-bond acceptors (Lipinski definition) is 11. The van der Waals surface area contributed by atoms with Crippen molar-refractivity contribution in [1.82, 2.24) is 0 Å². The van der Waals surface area contributed by atoms with E-state index in [0.717, 1.165) is 0 Å². The monoisotopic (exact) mass is 502 g/mol. The Kier molecular flexibility index (Phi) is 6.01. The molecule has 1 saturated heterocycles. The Morgan fingerprint density at radius 1 is 0.944 bits per heavy atom. The molecule has 5 rings (SSSR count). The molecule has 2 aromatic rings. The van der Waals surface area contributed by atoms with Crippen molar-refractivity contribution in [3.05, 3.63) is 63.7 Å². The quantitative estimate of drug-likeness (QED) is 0.217. The van der Waals surface area contributed by atoms with Gasteiger partial charge in [-0.2, -0.15) is 0 Å². The van der Waals surface area contributed by atoms with Gasteiger partial charge in [-0.25, -0.2) is 0 Å². The first-order valence-corrected chi connectivity index (χ1v) is 11.4. The summed E-state index contributed by atoms with van der Waals surface area (Å²) in [5.74, 6) is -1.34. The van der Waals surface area contributed by atoms with Crippen LogP contribution >= 0.6 is 0 Å². The molecule has 0 radical (unpaired) electrons. The minimum atomic E-state index is -2.02. The largest absolute Gasteiger partial charge is 0.461 e. The highest BCUT2D eigenvalue weighted by Crippen LogP contribution is 2.43. The van der Waals surface area contributed by atoms with Crippen LogP contribution in [0.3, 0.4) is 0 Å². The van der Waals surface area contributed by atoms with Crippen molar-refractivity contribution in [2.75, 3.05) is 6.61 Å². The highest BCUT2D eigenvalue weighted by Gasteiger charge is 2.49. The molecule has 1 aliphatic heterocycles. The van der Waals surface area contributed by atoms with Crippen molar-refractivity contribution in [2.45, 2.75) is 61.9 Å². The summed E-state index contributed by atoms with van der Waals surface area (Å²) in [5.41, 5.74) is -2.05. The lowest BCUT2D eigenvalue weighted by Crippen LogP contribution is -2.58. The second-order valence-corrected chi connectivity index (χ2v) is 9.53. The lowest BCUT2D eigenvalue weighted by Gasteiger charge is -2.41. The normalized spacial score (nSPS) is 35.6. The van der Waals surface area contributed by atoms with Crippen molar-refractivity contribution >= 4 is 11.6 Å². The summed E-state index contributed by atoms with van der Waals surface area (Å²) in [7, 11) is 0.